The van der Waals surface area contributed by atoms with E-state index < -0.39 is 8.32 Å². The lowest BCUT2D eigenvalue weighted by Crippen LogP contribution is -2.41. The van der Waals surface area contributed by atoms with Crippen molar-refractivity contribution >= 4 is 30.8 Å². The number of halogens is 1. The van der Waals surface area contributed by atoms with Crippen molar-refractivity contribution in [3.8, 4) is 0 Å². The predicted octanol–water partition coefficient (Wildman–Crippen LogP) is 4.46. The summed E-state index contributed by atoms with van der Waals surface area (Å²) in [5.41, 5.74) is 0.546. The molecule has 0 amide bonds. The molecule has 0 saturated carbocycles. The first-order valence-corrected chi connectivity index (χ1v) is 11.2. The van der Waals surface area contributed by atoms with Gasteiger partial charge < -0.3 is 4.43 Å². The summed E-state index contributed by atoms with van der Waals surface area (Å²) >= 11 is 6.17. The predicted molar refractivity (Wildman–Crippen MR) is 98.8 cm³/mol. The van der Waals surface area contributed by atoms with Gasteiger partial charge in [0.1, 0.15) is 0 Å². The number of hydrogen-bond donors (Lipinski definition) is 0. The van der Waals surface area contributed by atoms with E-state index in [2.05, 4.69) is 38.8 Å². The van der Waals surface area contributed by atoms with Crippen LogP contribution in [0.2, 0.25) is 23.4 Å². The van der Waals surface area contributed by atoms with Gasteiger partial charge in [-0.25, -0.2) is 4.98 Å². The highest BCUT2D eigenvalue weighted by Gasteiger charge is 2.36. The quantitative estimate of drug-likeness (QED) is 0.453. The zero-order valence-corrected chi connectivity index (χ0v) is 16.3. The van der Waals surface area contributed by atoms with Gasteiger partial charge in [-0.15, -0.1) is 0 Å². The van der Waals surface area contributed by atoms with Crippen LogP contribution in [-0.2, 0) is 11.0 Å². The summed E-state index contributed by atoms with van der Waals surface area (Å²) in [5, 5.41) is 1.02. The van der Waals surface area contributed by atoms with Crippen molar-refractivity contribution in [1.29, 1.82) is 0 Å². The maximum absolute atomic E-state index is 12.5. The van der Waals surface area contributed by atoms with E-state index in [1.807, 2.05) is 12.1 Å². The van der Waals surface area contributed by atoms with Gasteiger partial charge in [-0.2, -0.15) is 0 Å². The SMILES string of the molecule is CC(C)(C)[Si](C)(C)OCCCn1c(Cl)nc2ccccc2c1=O. The van der Waals surface area contributed by atoms with E-state index in [9.17, 15) is 4.79 Å². The van der Waals surface area contributed by atoms with Crippen molar-refractivity contribution in [2.24, 2.45) is 0 Å². The molecular weight excluding hydrogens is 328 g/mol. The molecule has 0 saturated heterocycles. The second kappa shape index (κ2) is 6.75. The van der Waals surface area contributed by atoms with Crippen LogP contribution in [0.3, 0.4) is 0 Å². The van der Waals surface area contributed by atoms with Crippen LogP contribution in [0.4, 0.5) is 0 Å². The minimum absolute atomic E-state index is 0.0899. The number of hydrogen-bond acceptors (Lipinski definition) is 3. The molecular formula is C17H25ClN2O2Si. The summed E-state index contributed by atoms with van der Waals surface area (Å²) in [6.07, 6.45) is 0.742. The molecule has 0 atom stereocenters. The summed E-state index contributed by atoms with van der Waals surface area (Å²) in [7, 11) is -1.75. The lowest BCUT2D eigenvalue weighted by molar-refractivity contribution is 0.274. The van der Waals surface area contributed by atoms with Crippen LogP contribution < -0.4 is 5.56 Å². The Morgan fingerprint density at radius 3 is 2.57 bits per heavy atom. The summed E-state index contributed by atoms with van der Waals surface area (Å²) in [6, 6.07) is 7.27. The molecule has 1 heterocycles. The van der Waals surface area contributed by atoms with Crippen LogP contribution >= 0.6 is 11.6 Å². The first kappa shape index (κ1) is 18.2. The normalized spacial score (nSPS) is 12.8. The molecule has 126 valence electrons. The fourth-order valence-electron chi connectivity index (χ4n) is 2.10. The van der Waals surface area contributed by atoms with E-state index in [1.54, 1.807) is 12.1 Å². The van der Waals surface area contributed by atoms with Gasteiger partial charge in [0.25, 0.3) is 5.56 Å². The van der Waals surface area contributed by atoms with E-state index in [-0.39, 0.29) is 15.9 Å². The molecule has 0 aliphatic heterocycles. The lowest BCUT2D eigenvalue weighted by atomic mass is 10.2. The maximum Gasteiger partial charge on any atom is 0.262 e. The smallest absolute Gasteiger partial charge is 0.262 e. The van der Waals surface area contributed by atoms with Gasteiger partial charge in [0, 0.05) is 13.2 Å². The average Bonchev–Trinajstić information content (AvgIpc) is 2.45. The molecule has 0 unspecified atom stereocenters. The van der Waals surface area contributed by atoms with Crippen molar-refractivity contribution in [2.45, 2.75) is 51.9 Å². The molecule has 0 fully saturated rings. The van der Waals surface area contributed by atoms with Crippen molar-refractivity contribution in [1.82, 2.24) is 9.55 Å². The Bertz CT molecular complexity index is 750. The van der Waals surface area contributed by atoms with Crippen LogP contribution in [0.5, 0.6) is 0 Å². The average molecular weight is 353 g/mol. The molecule has 1 aromatic heterocycles. The van der Waals surface area contributed by atoms with Crippen molar-refractivity contribution in [2.75, 3.05) is 6.61 Å². The summed E-state index contributed by atoms with van der Waals surface area (Å²) in [6.45, 7) is 12.2. The minimum Gasteiger partial charge on any atom is -0.417 e. The third-order valence-electron chi connectivity index (χ3n) is 4.61. The van der Waals surface area contributed by atoms with Crippen LogP contribution in [0.15, 0.2) is 29.1 Å². The molecule has 2 rings (SSSR count). The van der Waals surface area contributed by atoms with Crippen LogP contribution in [0, 0.1) is 0 Å². The Morgan fingerprint density at radius 1 is 1.26 bits per heavy atom. The maximum atomic E-state index is 12.5. The number of nitrogens with zero attached hydrogens (tertiary/aromatic N) is 2. The first-order chi connectivity index (χ1) is 10.6. The Morgan fingerprint density at radius 2 is 1.91 bits per heavy atom. The molecule has 0 radical (unpaired) electrons. The topological polar surface area (TPSA) is 44.1 Å². The molecule has 4 nitrogen and oxygen atoms in total. The molecule has 0 aliphatic carbocycles. The molecule has 0 bridgehead atoms. The van der Waals surface area contributed by atoms with E-state index >= 15 is 0 Å². The third-order valence-corrected chi connectivity index (χ3v) is 9.44. The molecule has 1 aromatic carbocycles. The van der Waals surface area contributed by atoms with Gasteiger partial charge in [-0.1, -0.05) is 32.9 Å². The molecule has 0 aliphatic rings. The Kier molecular flexibility index (Phi) is 5.33. The number of benzene rings is 1. The standard InChI is InChI=1S/C17H25ClN2O2Si/c1-17(2,3)23(4,5)22-12-8-11-20-15(21)13-9-6-7-10-14(13)19-16(20)18/h6-7,9-10H,8,11-12H2,1-5H3. The van der Waals surface area contributed by atoms with Gasteiger partial charge in [0.05, 0.1) is 10.9 Å². The second-order valence-corrected chi connectivity index (χ2v) is 12.5. The van der Waals surface area contributed by atoms with E-state index in [1.165, 1.54) is 4.57 Å². The number of aromatic nitrogens is 2. The van der Waals surface area contributed by atoms with E-state index in [0.29, 0.717) is 24.1 Å². The Labute approximate surface area is 143 Å². The van der Waals surface area contributed by atoms with Crippen molar-refractivity contribution in [3.63, 3.8) is 0 Å². The molecule has 23 heavy (non-hydrogen) atoms. The molecule has 2 aromatic rings. The monoisotopic (exact) mass is 352 g/mol. The summed E-state index contributed by atoms with van der Waals surface area (Å²) in [4.78, 5) is 16.8. The zero-order valence-electron chi connectivity index (χ0n) is 14.5. The van der Waals surface area contributed by atoms with Crippen LogP contribution in [-0.4, -0.2) is 24.5 Å². The van der Waals surface area contributed by atoms with Gasteiger partial charge >= 0.3 is 0 Å². The zero-order chi connectivity index (χ0) is 17.3. The Hall–Kier alpha value is -1.17. The molecule has 0 spiro atoms. The molecule has 0 N–H and O–H groups in total. The second-order valence-electron chi connectivity index (χ2n) is 7.32. The van der Waals surface area contributed by atoms with Gasteiger partial charge in [0.15, 0.2) is 8.32 Å². The highest BCUT2D eigenvalue weighted by atomic mass is 35.5. The number of fused-ring (bicyclic) bond motifs is 1. The fraction of sp³-hybridized carbons (Fsp3) is 0.529. The third kappa shape index (κ3) is 4.02. The van der Waals surface area contributed by atoms with Gasteiger partial charge in [-0.05, 0) is 48.3 Å². The van der Waals surface area contributed by atoms with Gasteiger partial charge in [0.2, 0.25) is 5.28 Å². The van der Waals surface area contributed by atoms with Crippen molar-refractivity contribution < 1.29 is 4.43 Å². The van der Waals surface area contributed by atoms with Crippen molar-refractivity contribution in [3.05, 3.63) is 39.9 Å². The minimum atomic E-state index is -1.75. The first-order valence-electron chi connectivity index (χ1n) is 7.92. The highest BCUT2D eigenvalue weighted by molar-refractivity contribution is 6.74. The van der Waals surface area contributed by atoms with E-state index in [0.717, 1.165) is 6.42 Å². The number of rotatable bonds is 5. The van der Waals surface area contributed by atoms with E-state index in [4.69, 9.17) is 16.0 Å². The summed E-state index contributed by atoms with van der Waals surface area (Å²) in [5.74, 6) is 0. The van der Waals surface area contributed by atoms with Crippen LogP contribution in [0.1, 0.15) is 27.2 Å². The van der Waals surface area contributed by atoms with Crippen LogP contribution in [0.25, 0.3) is 10.9 Å². The largest absolute Gasteiger partial charge is 0.417 e. The Balaban J connectivity index is 2.07. The highest BCUT2D eigenvalue weighted by Crippen LogP contribution is 2.36. The van der Waals surface area contributed by atoms with Gasteiger partial charge in [-0.3, -0.25) is 9.36 Å². The lowest BCUT2D eigenvalue weighted by Gasteiger charge is -2.36. The number of para-hydroxylation sites is 1. The molecule has 6 heteroatoms. The fourth-order valence-corrected chi connectivity index (χ4v) is 3.44. The summed E-state index contributed by atoms with van der Waals surface area (Å²) < 4.78 is 7.67.